The van der Waals surface area contributed by atoms with Crippen LogP contribution in [0.25, 0.3) is 0 Å². The van der Waals surface area contributed by atoms with Gasteiger partial charge in [-0.3, -0.25) is 4.79 Å². The molecule has 0 fully saturated rings. The fourth-order valence-electron chi connectivity index (χ4n) is 1.58. The molecule has 0 unspecified atom stereocenters. The zero-order valence-corrected chi connectivity index (χ0v) is 11.3. The minimum Gasteiger partial charge on any atom is -0.399 e. The van der Waals surface area contributed by atoms with Gasteiger partial charge >= 0.3 is 0 Å². The number of nitrogens with one attached hydrogen (secondary N) is 1. The number of nitrogens with two attached hydrogens (primary N) is 1. The lowest BCUT2D eigenvalue weighted by atomic mass is 10.2. The number of unbranched alkanes of at least 4 members (excludes halogenated alkanes) is 3. The molecule has 0 radical (unpaired) electrons. The van der Waals surface area contributed by atoms with E-state index in [9.17, 15) is 4.79 Å². The monoisotopic (exact) mass is 268 g/mol. The second-order valence-electron chi connectivity index (χ2n) is 4.13. The van der Waals surface area contributed by atoms with E-state index in [1.807, 2.05) is 0 Å². The molecular weight excluding hydrogens is 248 g/mol. The summed E-state index contributed by atoms with van der Waals surface area (Å²) in [6.07, 6.45) is 4.17. The molecule has 0 aliphatic carbocycles. The molecule has 0 aliphatic heterocycles. The molecule has 100 valence electrons. The average molecular weight is 268 g/mol. The maximum absolute atomic E-state index is 11.7. The highest BCUT2D eigenvalue weighted by molar-refractivity contribution is 7.75. The number of benzene rings is 1. The molecule has 3 N–H and O–H groups in total. The van der Waals surface area contributed by atoms with Gasteiger partial charge in [0.2, 0.25) is 0 Å². The largest absolute Gasteiger partial charge is 0.399 e. The van der Waals surface area contributed by atoms with Crippen molar-refractivity contribution < 1.29 is 8.98 Å². The van der Waals surface area contributed by atoms with Crippen LogP contribution in [0.1, 0.15) is 36.0 Å². The normalized spacial score (nSPS) is 10.3. The number of hydrogen-bond donors (Lipinski definition) is 3. The molecule has 0 saturated heterocycles. The summed E-state index contributed by atoms with van der Waals surface area (Å²) in [5.41, 5.74) is 6.87. The third-order valence-electron chi connectivity index (χ3n) is 2.62. The number of amides is 1. The zero-order chi connectivity index (χ0) is 13.2. The fraction of sp³-hybridized carbons (Fsp3) is 0.462. The molecule has 5 heteroatoms. The highest BCUT2D eigenvalue weighted by Crippen LogP contribution is 2.05. The average Bonchev–Trinajstić information content (AvgIpc) is 2.38. The molecule has 0 aromatic heterocycles. The number of rotatable bonds is 8. The highest BCUT2D eigenvalue weighted by atomic mass is 32.1. The molecule has 1 amide bonds. The van der Waals surface area contributed by atoms with Crippen molar-refractivity contribution in [2.24, 2.45) is 0 Å². The molecule has 1 aromatic carbocycles. The van der Waals surface area contributed by atoms with Crippen LogP contribution >= 0.6 is 12.9 Å². The Hall–Kier alpha value is -1.20. The molecule has 1 aromatic rings. The van der Waals surface area contributed by atoms with Crippen LogP contribution in [0.5, 0.6) is 0 Å². The maximum Gasteiger partial charge on any atom is 0.251 e. The van der Waals surface area contributed by atoms with Gasteiger partial charge in [0.05, 0.1) is 6.61 Å². The van der Waals surface area contributed by atoms with E-state index in [0.29, 0.717) is 24.4 Å². The minimum absolute atomic E-state index is 0.0475. The van der Waals surface area contributed by atoms with Crippen LogP contribution in [0.15, 0.2) is 24.3 Å². The first-order valence-corrected chi connectivity index (χ1v) is 6.50. The summed E-state index contributed by atoms with van der Waals surface area (Å²) in [7, 11) is 0. The SMILES string of the molecule is Nc1ccc(C(=O)NCCCCCCOS)cc1. The Morgan fingerprint density at radius 1 is 1.17 bits per heavy atom. The number of hydrogen-bond acceptors (Lipinski definition) is 4. The molecule has 0 aliphatic rings. The van der Waals surface area contributed by atoms with Gasteiger partial charge in [-0.05, 0) is 50.0 Å². The van der Waals surface area contributed by atoms with Crippen LogP contribution < -0.4 is 11.1 Å². The van der Waals surface area contributed by atoms with Crippen molar-refractivity contribution in [3.63, 3.8) is 0 Å². The van der Waals surface area contributed by atoms with Crippen molar-refractivity contribution in [2.45, 2.75) is 25.7 Å². The Labute approximate surface area is 114 Å². The Morgan fingerprint density at radius 2 is 1.83 bits per heavy atom. The van der Waals surface area contributed by atoms with E-state index in [0.717, 1.165) is 25.7 Å². The van der Waals surface area contributed by atoms with Crippen molar-refractivity contribution >= 4 is 24.5 Å². The van der Waals surface area contributed by atoms with Crippen LogP contribution in [-0.2, 0) is 4.18 Å². The molecule has 18 heavy (non-hydrogen) atoms. The van der Waals surface area contributed by atoms with Crippen LogP contribution in [0.4, 0.5) is 5.69 Å². The lowest BCUT2D eigenvalue weighted by Crippen LogP contribution is -2.24. The Bertz CT molecular complexity index is 355. The topological polar surface area (TPSA) is 64.4 Å². The molecule has 0 saturated carbocycles. The first kappa shape index (κ1) is 14.9. The van der Waals surface area contributed by atoms with Gasteiger partial charge < -0.3 is 15.2 Å². The zero-order valence-electron chi connectivity index (χ0n) is 10.4. The third-order valence-corrected chi connectivity index (χ3v) is 2.80. The van der Waals surface area contributed by atoms with Gasteiger partial charge in [-0.15, -0.1) is 0 Å². The quantitative estimate of drug-likeness (QED) is 0.294. The maximum atomic E-state index is 11.7. The molecule has 0 spiro atoms. The first-order valence-electron chi connectivity index (χ1n) is 6.14. The highest BCUT2D eigenvalue weighted by Gasteiger charge is 2.03. The predicted octanol–water partition coefficient (Wildman–Crippen LogP) is 2.42. The number of carbonyl (C=O) groups is 1. The van der Waals surface area contributed by atoms with Crippen molar-refractivity contribution in [1.82, 2.24) is 5.32 Å². The van der Waals surface area contributed by atoms with Crippen molar-refractivity contribution in [3.8, 4) is 0 Å². The van der Waals surface area contributed by atoms with E-state index in [2.05, 4.69) is 22.4 Å². The number of thiol groups is 1. The minimum atomic E-state index is -0.0475. The fourth-order valence-corrected chi connectivity index (χ4v) is 1.71. The molecule has 0 bridgehead atoms. The lowest BCUT2D eigenvalue weighted by molar-refractivity contribution is 0.0953. The lowest BCUT2D eigenvalue weighted by Gasteiger charge is -2.05. The Balaban J connectivity index is 2.12. The van der Waals surface area contributed by atoms with E-state index in [4.69, 9.17) is 5.73 Å². The summed E-state index contributed by atoms with van der Waals surface area (Å²) >= 11 is 3.67. The van der Waals surface area contributed by atoms with E-state index in [1.165, 1.54) is 0 Å². The Kier molecular flexibility index (Phi) is 7.29. The van der Waals surface area contributed by atoms with Crippen LogP contribution in [0.2, 0.25) is 0 Å². The number of anilines is 1. The van der Waals surface area contributed by atoms with E-state index >= 15 is 0 Å². The summed E-state index contributed by atoms with van der Waals surface area (Å²) < 4.78 is 4.67. The van der Waals surface area contributed by atoms with Gasteiger partial charge in [-0.1, -0.05) is 12.8 Å². The van der Waals surface area contributed by atoms with Gasteiger partial charge in [0.1, 0.15) is 0 Å². The van der Waals surface area contributed by atoms with Crippen LogP contribution in [-0.4, -0.2) is 19.1 Å². The van der Waals surface area contributed by atoms with Gasteiger partial charge in [-0.2, -0.15) is 0 Å². The predicted molar refractivity (Wildman–Crippen MR) is 76.6 cm³/mol. The van der Waals surface area contributed by atoms with Crippen molar-refractivity contribution in [3.05, 3.63) is 29.8 Å². The second kappa shape index (κ2) is 8.83. The summed E-state index contributed by atoms with van der Waals surface area (Å²) in [6, 6.07) is 6.92. The smallest absolute Gasteiger partial charge is 0.251 e. The van der Waals surface area contributed by atoms with Gasteiger partial charge in [0.25, 0.3) is 5.91 Å². The Morgan fingerprint density at radius 3 is 2.50 bits per heavy atom. The van der Waals surface area contributed by atoms with E-state index < -0.39 is 0 Å². The van der Waals surface area contributed by atoms with Crippen molar-refractivity contribution in [2.75, 3.05) is 18.9 Å². The summed E-state index contributed by atoms with van der Waals surface area (Å²) in [4.78, 5) is 11.7. The van der Waals surface area contributed by atoms with E-state index in [1.54, 1.807) is 24.3 Å². The van der Waals surface area contributed by atoms with Crippen LogP contribution in [0.3, 0.4) is 0 Å². The van der Waals surface area contributed by atoms with Gasteiger partial charge in [-0.25, -0.2) is 0 Å². The molecule has 4 nitrogen and oxygen atoms in total. The van der Waals surface area contributed by atoms with E-state index in [-0.39, 0.29) is 5.91 Å². The summed E-state index contributed by atoms with van der Waals surface area (Å²) in [6.45, 7) is 1.38. The van der Waals surface area contributed by atoms with Gasteiger partial charge in [0.15, 0.2) is 0 Å². The molecule has 0 atom stereocenters. The molecule has 1 rings (SSSR count). The van der Waals surface area contributed by atoms with Crippen molar-refractivity contribution in [1.29, 1.82) is 0 Å². The summed E-state index contributed by atoms with van der Waals surface area (Å²) in [5, 5.41) is 2.88. The summed E-state index contributed by atoms with van der Waals surface area (Å²) in [5.74, 6) is -0.0475. The first-order chi connectivity index (χ1) is 8.74. The van der Waals surface area contributed by atoms with Gasteiger partial charge in [0, 0.05) is 17.8 Å². The second-order valence-corrected chi connectivity index (χ2v) is 4.38. The standard InChI is InChI=1S/C13H20N2O2S/c14-12-7-5-11(6-8-12)13(16)15-9-3-1-2-4-10-17-18/h5-8,18H,1-4,9-10,14H2,(H,15,16). The molecule has 0 heterocycles. The third kappa shape index (κ3) is 5.93. The number of nitrogen functional groups attached to an aromatic ring is 1. The molecular formula is C13H20N2O2S. The van der Waals surface area contributed by atoms with Crippen LogP contribution in [0, 0.1) is 0 Å². The number of carbonyl (C=O) groups excluding carboxylic acids is 1.